The molecule has 0 spiro atoms. The maximum atomic E-state index is 3.67. The van der Waals surface area contributed by atoms with Crippen molar-refractivity contribution in [1.29, 1.82) is 0 Å². The summed E-state index contributed by atoms with van der Waals surface area (Å²) in [4.78, 5) is 0. The van der Waals surface area contributed by atoms with Gasteiger partial charge in [0.05, 0.1) is 15.8 Å². The van der Waals surface area contributed by atoms with Gasteiger partial charge in [-0.3, -0.25) is 0 Å². The van der Waals surface area contributed by atoms with Crippen LogP contribution in [0.4, 0.5) is 0 Å². The Labute approximate surface area is 105 Å². The molecule has 2 rings (SSSR count). The van der Waals surface area contributed by atoms with Gasteiger partial charge in [0, 0.05) is 24.3 Å². The molecule has 0 N–H and O–H groups in total. The summed E-state index contributed by atoms with van der Waals surface area (Å²) in [6.07, 6.45) is 8.28. The molecular formula is C12H14BBrN2+2. The van der Waals surface area contributed by atoms with E-state index in [-0.39, 0.29) is 5.81 Å². The lowest BCUT2D eigenvalue weighted by Gasteiger charge is -1.96. The Hall–Kier alpha value is -1.16. The lowest BCUT2D eigenvalue weighted by Crippen LogP contribution is -2.65. The zero-order valence-electron chi connectivity index (χ0n) is 9.47. The number of hydrogen-bond donors (Lipinski definition) is 0. The van der Waals surface area contributed by atoms with Gasteiger partial charge in [-0.25, -0.2) is 8.96 Å². The van der Waals surface area contributed by atoms with Crippen LogP contribution < -0.4 is 8.96 Å². The van der Waals surface area contributed by atoms with E-state index in [4.69, 9.17) is 0 Å². The molecule has 0 fully saturated rings. The second-order valence-corrected chi connectivity index (χ2v) is 4.78. The molecule has 80 valence electrons. The van der Waals surface area contributed by atoms with Gasteiger partial charge in [0.2, 0.25) is 0 Å². The second-order valence-electron chi connectivity index (χ2n) is 3.96. The molecule has 2 heterocycles. The number of nitrogens with zero attached hydrogens (tertiary/aromatic N) is 2. The predicted octanol–water partition coefficient (Wildman–Crippen LogP) is 1.65. The largest absolute Gasteiger partial charge is 0.918 e. The van der Waals surface area contributed by atoms with Crippen molar-refractivity contribution in [2.45, 2.75) is 13.8 Å². The van der Waals surface area contributed by atoms with Crippen LogP contribution in [0.1, 0.15) is 11.1 Å². The molecule has 0 saturated heterocycles. The van der Waals surface area contributed by atoms with Crippen molar-refractivity contribution in [1.82, 2.24) is 0 Å². The van der Waals surface area contributed by atoms with Crippen LogP contribution in [-0.2, 0) is 0 Å². The Morgan fingerprint density at radius 1 is 0.812 bits per heavy atom. The summed E-state index contributed by atoms with van der Waals surface area (Å²) < 4.78 is 4.23. The number of halogens is 1. The molecule has 4 heteroatoms. The van der Waals surface area contributed by atoms with Crippen molar-refractivity contribution in [3.8, 4) is 0 Å². The molecule has 0 amide bonds. The molecule has 2 aromatic rings. The summed E-state index contributed by atoms with van der Waals surface area (Å²) in [6.45, 7) is 4.18. The Kier molecular flexibility index (Phi) is 3.39. The smallest absolute Gasteiger partial charge is 0.208 e. The summed E-state index contributed by atoms with van der Waals surface area (Å²) in [5, 5.41) is 0. The van der Waals surface area contributed by atoms with Crippen molar-refractivity contribution in [2.24, 2.45) is 0 Å². The third-order valence-corrected chi connectivity index (χ3v) is 3.48. The lowest BCUT2D eigenvalue weighted by molar-refractivity contribution is -0.664. The van der Waals surface area contributed by atoms with Crippen LogP contribution in [0.2, 0.25) is 0 Å². The van der Waals surface area contributed by atoms with E-state index in [1.807, 2.05) is 0 Å². The van der Waals surface area contributed by atoms with Crippen LogP contribution in [0.3, 0.4) is 0 Å². The molecule has 0 aliphatic rings. The highest BCUT2D eigenvalue weighted by atomic mass is 79.9. The average Bonchev–Trinajstić information content (AvgIpc) is 2.30. The summed E-state index contributed by atoms with van der Waals surface area (Å²) in [7, 11) is 0. The fraction of sp³-hybridized carbons (Fsp3) is 0.167. The maximum absolute atomic E-state index is 3.67. The van der Waals surface area contributed by atoms with E-state index >= 15 is 0 Å². The van der Waals surface area contributed by atoms with E-state index in [0.717, 1.165) is 0 Å². The van der Waals surface area contributed by atoms with Gasteiger partial charge in [0.15, 0.2) is 24.8 Å². The Morgan fingerprint density at radius 2 is 1.12 bits per heavy atom. The fourth-order valence-electron chi connectivity index (χ4n) is 1.46. The maximum Gasteiger partial charge on any atom is 0.918 e. The molecule has 16 heavy (non-hydrogen) atoms. The molecule has 0 unspecified atom stereocenters. The number of rotatable bonds is 2. The lowest BCUT2D eigenvalue weighted by atomic mass is 10.1. The standard InChI is InChI=1S/C12H14BBrN2/c1-11-3-7-15(8-4-11)13(14)16-9-5-12(2)6-10-16/h3-10H,1-2H3/q+2. The van der Waals surface area contributed by atoms with Crippen LogP contribution in [0.5, 0.6) is 0 Å². The monoisotopic (exact) mass is 276 g/mol. The molecule has 0 aliphatic carbocycles. The zero-order valence-corrected chi connectivity index (χ0v) is 11.1. The fourth-order valence-corrected chi connectivity index (χ4v) is 2.01. The van der Waals surface area contributed by atoms with Crippen molar-refractivity contribution in [3.63, 3.8) is 0 Å². The molecule has 2 aromatic heterocycles. The van der Waals surface area contributed by atoms with Gasteiger partial charge in [0.1, 0.15) is 0 Å². The third kappa shape index (κ3) is 2.50. The second kappa shape index (κ2) is 4.79. The Balaban J connectivity index is 2.28. The first-order chi connectivity index (χ1) is 7.66. The third-order valence-electron chi connectivity index (χ3n) is 2.53. The van der Waals surface area contributed by atoms with Gasteiger partial charge in [-0.2, -0.15) is 0 Å². The van der Waals surface area contributed by atoms with Crippen LogP contribution in [-0.4, -0.2) is 5.81 Å². The SMILES string of the molecule is Cc1cc[n+](B(Br)[n+]2ccc(C)cc2)cc1. The van der Waals surface area contributed by atoms with E-state index in [9.17, 15) is 0 Å². The minimum absolute atomic E-state index is 0.119. The molecular weight excluding hydrogens is 263 g/mol. The molecule has 0 radical (unpaired) electrons. The Morgan fingerprint density at radius 3 is 1.44 bits per heavy atom. The number of aromatic nitrogens is 2. The van der Waals surface area contributed by atoms with Gasteiger partial charge in [-0.15, -0.1) is 0 Å². The topological polar surface area (TPSA) is 7.76 Å². The molecule has 0 aliphatic heterocycles. The summed E-state index contributed by atoms with van der Waals surface area (Å²) in [5.74, 6) is 0.119. The minimum atomic E-state index is 0.119. The molecule has 0 saturated carbocycles. The van der Waals surface area contributed by atoms with Crippen LogP contribution in [0.15, 0.2) is 49.1 Å². The first kappa shape index (κ1) is 11.3. The Bertz CT molecular complexity index is 422. The number of hydrogen-bond acceptors (Lipinski definition) is 0. The van der Waals surface area contributed by atoms with Gasteiger partial charge in [0.25, 0.3) is 0 Å². The molecule has 2 nitrogen and oxygen atoms in total. The number of pyridine rings is 2. The summed E-state index contributed by atoms with van der Waals surface area (Å²) in [6, 6.07) is 8.40. The zero-order chi connectivity index (χ0) is 11.5. The van der Waals surface area contributed by atoms with Gasteiger partial charge in [-0.1, -0.05) is 0 Å². The van der Waals surface area contributed by atoms with E-state index in [1.165, 1.54) is 11.1 Å². The van der Waals surface area contributed by atoms with Crippen LogP contribution in [0.25, 0.3) is 0 Å². The minimum Gasteiger partial charge on any atom is -0.208 e. The van der Waals surface area contributed by atoms with Crippen LogP contribution in [0, 0.1) is 13.8 Å². The van der Waals surface area contributed by atoms with E-state index in [0.29, 0.717) is 0 Å². The average molecular weight is 277 g/mol. The normalized spacial score (nSPS) is 10.2. The van der Waals surface area contributed by atoms with Gasteiger partial charge >= 0.3 is 5.81 Å². The van der Waals surface area contributed by atoms with Crippen molar-refractivity contribution in [2.75, 3.05) is 0 Å². The van der Waals surface area contributed by atoms with Crippen LogP contribution >= 0.6 is 15.8 Å². The van der Waals surface area contributed by atoms with Crippen molar-refractivity contribution in [3.05, 3.63) is 60.2 Å². The first-order valence-corrected chi connectivity index (χ1v) is 6.17. The summed E-state index contributed by atoms with van der Waals surface area (Å²) >= 11 is 3.67. The van der Waals surface area contributed by atoms with E-state index in [2.05, 4.69) is 87.6 Å². The van der Waals surface area contributed by atoms with E-state index < -0.39 is 0 Å². The first-order valence-electron chi connectivity index (χ1n) is 5.26. The summed E-state index contributed by atoms with van der Waals surface area (Å²) in [5.41, 5.74) is 2.54. The van der Waals surface area contributed by atoms with Crippen molar-refractivity contribution >= 4 is 21.6 Å². The van der Waals surface area contributed by atoms with Gasteiger partial charge < -0.3 is 0 Å². The molecule has 0 aromatic carbocycles. The van der Waals surface area contributed by atoms with Gasteiger partial charge in [-0.05, 0) is 25.0 Å². The highest BCUT2D eigenvalue weighted by Crippen LogP contribution is 1.94. The van der Waals surface area contributed by atoms with Crippen molar-refractivity contribution < 1.29 is 8.96 Å². The quantitative estimate of drug-likeness (QED) is 0.737. The van der Waals surface area contributed by atoms with E-state index in [1.54, 1.807) is 0 Å². The molecule has 0 atom stereocenters. The number of aryl methyl sites for hydroxylation is 2. The highest BCUT2D eigenvalue weighted by molar-refractivity contribution is 9.23. The predicted molar refractivity (Wildman–Crippen MR) is 68.2 cm³/mol. The highest BCUT2D eigenvalue weighted by Gasteiger charge is 2.41. The molecule has 0 bridgehead atoms.